The third-order valence-electron chi connectivity index (χ3n) is 9.23. The number of amides is 3. The fraction of sp³-hybridized carbons (Fsp3) is 0.278. The predicted molar refractivity (Wildman–Crippen MR) is 162 cm³/mol. The van der Waals surface area contributed by atoms with Crippen LogP contribution in [0.3, 0.4) is 0 Å². The minimum Gasteiger partial charge on any atom is -0.456 e. The van der Waals surface area contributed by atoms with Crippen LogP contribution in [0, 0.1) is 11.8 Å². The van der Waals surface area contributed by atoms with Crippen LogP contribution in [-0.2, 0) is 23.9 Å². The fourth-order valence-corrected chi connectivity index (χ4v) is 7.41. The summed E-state index contributed by atoms with van der Waals surface area (Å²) in [6.45, 7) is -0.00595. The first-order valence-electron chi connectivity index (χ1n) is 15.0. The average molecular weight is 573 g/mol. The monoisotopic (exact) mass is 572 g/mol. The van der Waals surface area contributed by atoms with Gasteiger partial charge in [0.15, 0.2) is 6.61 Å². The van der Waals surface area contributed by atoms with E-state index in [1.54, 1.807) is 0 Å². The average Bonchev–Trinajstić information content (AvgIpc) is 3.29. The number of hydrogen-bond acceptors (Lipinski definition) is 5. The van der Waals surface area contributed by atoms with Gasteiger partial charge in [0, 0.05) is 35.9 Å². The van der Waals surface area contributed by atoms with E-state index in [0.29, 0.717) is 31.5 Å². The lowest BCUT2D eigenvalue weighted by Gasteiger charge is -2.45. The molecule has 3 amide bonds. The van der Waals surface area contributed by atoms with Gasteiger partial charge in [-0.3, -0.25) is 24.1 Å². The molecular formula is C36H32N2O5. The third kappa shape index (κ3) is 4.69. The van der Waals surface area contributed by atoms with E-state index < -0.39 is 11.9 Å². The number of carbonyl (C=O) groups excluding carboxylic acids is 4. The number of carbonyl (C=O) groups is 4. The first-order chi connectivity index (χ1) is 21.0. The summed E-state index contributed by atoms with van der Waals surface area (Å²) in [4.78, 5) is 53.5. The topological polar surface area (TPSA) is 92.8 Å². The Morgan fingerprint density at radius 2 is 1.23 bits per heavy atom. The molecule has 1 fully saturated rings. The summed E-state index contributed by atoms with van der Waals surface area (Å²) >= 11 is 0. The number of fused-ring (bicyclic) bond motifs is 1. The van der Waals surface area contributed by atoms with Gasteiger partial charge in [0.05, 0.1) is 11.8 Å². The lowest BCUT2D eigenvalue weighted by Crippen LogP contribution is -2.41. The highest BCUT2D eigenvalue weighted by Crippen LogP contribution is 2.60. The first kappa shape index (κ1) is 27.1. The molecule has 1 saturated heterocycles. The molecule has 1 aliphatic heterocycles. The highest BCUT2D eigenvalue weighted by Gasteiger charge is 2.61. The Bertz CT molecular complexity index is 1640. The molecule has 8 rings (SSSR count). The maximum Gasteiger partial charge on any atom is 0.306 e. The number of nitrogens with zero attached hydrogens (tertiary/aromatic N) is 1. The summed E-state index contributed by atoms with van der Waals surface area (Å²) in [5.74, 6) is -1.92. The molecule has 4 aromatic carbocycles. The number of hydrogen-bond donors (Lipinski definition) is 1. The van der Waals surface area contributed by atoms with Crippen molar-refractivity contribution in [2.75, 3.05) is 18.5 Å². The van der Waals surface area contributed by atoms with Crippen LogP contribution in [0.5, 0.6) is 0 Å². The molecule has 0 radical (unpaired) electrons. The van der Waals surface area contributed by atoms with Crippen LogP contribution < -0.4 is 5.32 Å². The number of rotatable bonds is 9. The van der Waals surface area contributed by atoms with Gasteiger partial charge in [-0.25, -0.2) is 0 Å². The van der Waals surface area contributed by atoms with Gasteiger partial charge in [-0.05, 0) is 46.5 Å². The number of esters is 1. The molecule has 7 heteroatoms. The number of ether oxygens (including phenoxy) is 1. The Balaban J connectivity index is 0.903. The quantitative estimate of drug-likeness (QED) is 0.156. The van der Waals surface area contributed by atoms with Crippen molar-refractivity contribution in [2.45, 2.75) is 37.5 Å². The second kappa shape index (κ2) is 11.1. The molecule has 0 aromatic heterocycles. The van der Waals surface area contributed by atoms with E-state index in [4.69, 9.17) is 4.74 Å². The lowest BCUT2D eigenvalue weighted by molar-refractivity contribution is -0.147. The van der Waals surface area contributed by atoms with E-state index in [1.165, 1.54) is 27.2 Å². The van der Waals surface area contributed by atoms with Gasteiger partial charge in [0.2, 0.25) is 11.8 Å². The van der Waals surface area contributed by atoms with Crippen LogP contribution in [0.4, 0.5) is 5.69 Å². The zero-order valence-electron chi connectivity index (χ0n) is 23.7. The van der Waals surface area contributed by atoms with Crippen LogP contribution in [0.2, 0.25) is 0 Å². The molecule has 2 atom stereocenters. The summed E-state index contributed by atoms with van der Waals surface area (Å²) in [5.41, 5.74) is 5.34. The molecule has 43 heavy (non-hydrogen) atoms. The first-order valence-corrected chi connectivity index (χ1v) is 15.0. The number of imide groups is 1. The van der Waals surface area contributed by atoms with Crippen LogP contribution >= 0.6 is 0 Å². The van der Waals surface area contributed by atoms with Gasteiger partial charge < -0.3 is 10.1 Å². The Labute approximate surface area is 249 Å². The zero-order valence-corrected chi connectivity index (χ0v) is 23.7. The van der Waals surface area contributed by atoms with Crippen LogP contribution in [0.25, 0.3) is 10.8 Å². The second-order valence-corrected chi connectivity index (χ2v) is 11.6. The molecule has 0 spiro atoms. The van der Waals surface area contributed by atoms with Crippen molar-refractivity contribution in [1.82, 2.24) is 4.90 Å². The molecule has 4 aliphatic rings. The summed E-state index contributed by atoms with van der Waals surface area (Å²) < 4.78 is 5.19. The van der Waals surface area contributed by atoms with Crippen molar-refractivity contribution in [2.24, 2.45) is 11.8 Å². The molecule has 0 saturated carbocycles. The molecule has 4 aromatic rings. The van der Waals surface area contributed by atoms with Gasteiger partial charge in [0.1, 0.15) is 0 Å². The maximum atomic E-state index is 13.7. The Morgan fingerprint density at radius 3 is 1.86 bits per heavy atom. The molecule has 1 heterocycles. The standard InChI is InChI=1S/C36H32N2O5/c39-29(37-28-18-10-12-22-11-3-4-13-23(22)28)21-43-30(40)19-2-1-9-20-38-35(41)33-31-24-14-5-6-15-25(24)32(34(33)36(38)42)27-17-8-7-16-26(27)31/h3-8,10-18,31-34H,1-2,9,19-21H2,(H,37,39)/t31?,32?,33-,34+. The van der Waals surface area contributed by atoms with E-state index in [2.05, 4.69) is 29.6 Å². The van der Waals surface area contributed by atoms with E-state index in [0.717, 1.165) is 10.8 Å². The smallest absolute Gasteiger partial charge is 0.306 e. The largest absolute Gasteiger partial charge is 0.456 e. The number of nitrogens with one attached hydrogen (secondary N) is 1. The van der Waals surface area contributed by atoms with Crippen molar-refractivity contribution < 1.29 is 23.9 Å². The summed E-state index contributed by atoms with van der Waals surface area (Å²) in [5, 5.41) is 4.74. The number of unbranched alkanes of at least 4 members (excludes halogenated alkanes) is 2. The van der Waals surface area contributed by atoms with E-state index >= 15 is 0 Å². The Hall–Kier alpha value is -4.78. The Morgan fingerprint density at radius 1 is 0.674 bits per heavy atom. The van der Waals surface area contributed by atoms with Crippen LogP contribution in [0.1, 0.15) is 59.8 Å². The molecule has 1 N–H and O–H groups in total. The zero-order chi connectivity index (χ0) is 29.5. The minimum atomic E-state index is -0.445. The Kier molecular flexibility index (Phi) is 7.01. The van der Waals surface area contributed by atoms with E-state index in [9.17, 15) is 19.2 Å². The lowest BCUT2D eigenvalue weighted by atomic mass is 9.55. The summed E-state index contributed by atoms with van der Waals surface area (Å²) in [7, 11) is 0. The molecule has 0 unspecified atom stereocenters. The van der Waals surface area contributed by atoms with Gasteiger partial charge >= 0.3 is 5.97 Å². The number of benzene rings is 4. The van der Waals surface area contributed by atoms with Crippen molar-refractivity contribution in [3.05, 3.63) is 113 Å². The summed E-state index contributed by atoms with van der Waals surface area (Å²) in [6, 6.07) is 29.8. The van der Waals surface area contributed by atoms with Crippen LogP contribution in [-0.4, -0.2) is 41.7 Å². The summed E-state index contributed by atoms with van der Waals surface area (Å²) in [6.07, 6.45) is 2.00. The minimum absolute atomic E-state index is 0.0781. The third-order valence-corrected chi connectivity index (χ3v) is 9.23. The van der Waals surface area contributed by atoms with Crippen molar-refractivity contribution >= 4 is 40.2 Å². The second-order valence-electron chi connectivity index (χ2n) is 11.6. The number of likely N-dealkylation sites (tertiary alicyclic amines) is 1. The SMILES string of the molecule is O=C(COC(=O)CCCCCN1C(=O)[C@@H]2C3c4ccccc4C(c4ccccc43)[C@@H]2C1=O)Nc1cccc2ccccc12. The van der Waals surface area contributed by atoms with Gasteiger partial charge in [-0.15, -0.1) is 0 Å². The molecule has 7 nitrogen and oxygen atoms in total. The molecule has 216 valence electrons. The predicted octanol–water partition coefficient (Wildman–Crippen LogP) is 5.77. The highest BCUT2D eigenvalue weighted by molar-refractivity contribution is 6.07. The van der Waals surface area contributed by atoms with Crippen molar-refractivity contribution in [3.63, 3.8) is 0 Å². The van der Waals surface area contributed by atoms with Crippen LogP contribution in [0.15, 0.2) is 91.0 Å². The normalized spacial score (nSPS) is 21.3. The fourth-order valence-electron chi connectivity index (χ4n) is 7.41. The van der Waals surface area contributed by atoms with E-state index in [1.807, 2.05) is 66.7 Å². The van der Waals surface area contributed by atoms with Gasteiger partial charge in [-0.1, -0.05) is 91.3 Å². The van der Waals surface area contributed by atoms with E-state index in [-0.39, 0.29) is 48.5 Å². The molecule has 2 bridgehead atoms. The van der Waals surface area contributed by atoms with Gasteiger partial charge in [-0.2, -0.15) is 0 Å². The highest BCUT2D eigenvalue weighted by atomic mass is 16.5. The van der Waals surface area contributed by atoms with Crippen molar-refractivity contribution in [1.29, 1.82) is 0 Å². The number of anilines is 1. The molecular weight excluding hydrogens is 540 g/mol. The maximum absolute atomic E-state index is 13.7. The van der Waals surface area contributed by atoms with Gasteiger partial charge in [0.25, 0.3) is 5.91 Å². The van der Waals surface area contributed by atoms with Crippen molar-refractivity contribution in [3.8, 4) is 0 Å². The molecule has 3 aliphatic carbocycles.